The van der Waals surface area contributed by atoms with Crippen LogP contribution in [0.3, 0.4) is 0 Å². The molecule has 6 heteroatoms. The molecule has 1 heterocycles. The van der Waals surface area contributed by atoms with Crippen LogP contribution in [0.15, 0.2) is 24.3 Å². The van der Waals surface area contributed by atoms with E-state index in [1.807, 2.05) is 52.0 Å². The summed E-state index contributed by atoms with van der Waals surface area (Å²) < 4.78 is 6.36. The van der Waals surface area contributed by atoms with Crippen molar-refractivity contribution < 1.29 is 9.53 Å². The van der Waals surface area contributed by atoms with E-state index >= 15 is 0 Å². The number of benzene rings is 1. The largest absolute Gasteiger partial charge is 0.444 e. The lowest BCUT2D eigenvalue weighted by molar-refractivity contribution is 0.0511. The summed E-state index contributed by atoms with van der Waals surface area (Å²) in [6.07, 6.45) is -0.402. The standard InChI is InChI=1S/C15H21N3O2S/c1-10(17-14(19)20-15(2,3)4)9-16-13-18-11-7-5-6-8-12(11)21-13/h5-8,10H,9H2,1-4H3,(H,16,18)(H,17,19)/t10-/m1/s1. The summed E-state index contributed by atoms with van der Waals surface area (Å²) >= 11 is 1.60. The SMILES string of the molecule is C[C@H](CNc1nc2ccccc2s1)NC(=O)OC(C)(C)C. The maximum Gasteiger partial charge on any atom is 0.407 e. The molecule has 1 atom stereocenters. The van der Waals surface area contributed by atoms with Gasteiger partial charge in [0.2, 0.25) is 0 Å². The zero-order valence-electron chi connectivity index (χ0n) is 12.8. The molecule has 114 valence electrons. The van der Waals surface area contributed by atoms with Crippen LogP contribution in [0.25, 0.3) is 10.2 Å². The normalized spacial score (nSPS) is 13.0. The van der Waals surface area contributed by atoms with Crippen LogP contribution >= 0.6 is 11.3 Å². The monoisotopic (exact) mass is 307 g/mol. The minimum Gasteiger partial charge on any atom is -0.444 e. The Morgan fingerprint density at radius 1 is 1.38 bits per heavy atom. The number of thiazole rings is 1. The number of hydrogen-bond acceptors (Lipinski definition) is 5. The number of nitrogens with one attached hydrogen (secondary N) is 2. The van der Waals surface area contributed by atoms with Gasteiger partial charge in [-0.15, -0.1) is 0 Å². The Hall–Kier alpha value is -1.82. The van der Waals surface area contributed by atoms with Crippen molar-refractivity contribution in [3.63, 3.8) is 0 Å². The molecule has 0 aliphatic carbocycles. The highest BCUT2D eigenvalue weighted by molar-refractivity contribution is 7.22. The Bertz CT molecular complexity index is 586. The number of fused-ring (bicyclic) bond motifs is 1. The van der Waals surface area contributed by atoms with Gasteiger partial charge in [0, 0.05) is 12.6 Å². The molecule has 21 heavy (non-hydrogen) atoms. The Morgan fingerprint density at radius 3 is 2.76 bits per heavy atom. The summed E-state index contributed by atoms with van der Waals surface area (Å²) in [5.41, 5.74) is 0.502. The lowest BCUT2D eigenvalue weighted by Crippen LogP contribution is -2.40. The maximum atomic E-state index is 11.6. The summed E-state index contributed by atoms with van der Waals surface area (Å²) in [6.45, 7) is 8.05. The quantitative estimate of drug-likeness (QED) is 0.905. The number of amides is 1. The lowest BCUT2D eigenvalue weighted by atomic mass is 10.2. The molecule has 0 unspecified atom stereocenters. The Balaban J connectivity index is 1.83. The summed E-state index contributed by atoms with van der Waals surface area (Å²) in [5, 5.41) is 6.89. The van der Waals surface area contributed by atoms with Gasteiger partial charge in [0.15, 0.2) is 5.13 Å². The minimum atomic E-state index is -0.482. The van der Waals surface area contributed by atoms with E-state index in [2.05, 4.69) is 15.6 Å². The second kappa shape index (κ2) is 6.30. The van der Waals surface area contributed by atoms with Gasteiger partial charge in [-0.1, -0.05) is 23.5 Å². The van der Waals surface area contributed by atoms with Crippen molar-refractivity contribution in [2.45, 2.75) is 39.3 Å². The van der Waals surface area contributed by atoms with E-state index in [0.29, 0.717) is 6.54 Å². The van der Waals surface area contributed by atoms with Crippen molar-refractivity contribution in [3.05, 3.63) is 24.3 Å². The van der Waals surface area contributed by atoms with Crippen molar-refractivity contribution in [1.29, 1.82) is 0 Å². The molecule has 0 spiro atoms. The number of carbonyl (C=O) groups excluding carboxylic acids is 1. The molecule has 0 radical (unpaired) electrons. The smallest absolute Gasteiger partial charge is 0.407 e. The number of anilines is 1. The van der Waals surface area contributed by atoms with Crippen LogP contribution < -0.4 is 10.6 Å². The number of carbonyl (C=O) groups is 1. The van der Waals surface area contributed by atoms with E-state index in [1.54, 1.807) is 11.3 Å². The zero-order chi connectivity index (χ0) is 15.5. The Kier molecular flexibility index (Phi) is 4.67. The molecule has 2 rings (SSSR count). The van der Waals surface area contributed by atoms with E-state index in [-0.39, 0.29) is 6.04 Å². The Labute approximate surface area is 128 Å². The zero-order valence-corrected chi connectivity index (χ0v) is 13.6. The van der Waals surface area contributed by atoms with E-state index in [4.69, 9.17) is 4.74 Å². The summed E-state index contributed by atoms with van der Waals surface area (Å²) in [6, 6.07) is 7.95. The average molecular weight is 307 g/mol. The first-order chi connectivity index (χ1) is 9.83. The predicted molar refractivity (Wildman–Crippen MR) is 86.9 cm³/mol. The van der Waals surface area contributed by atoms with Gasteiger partial charge in [0.25, 0.3) is 0 Å². The highest BCUT2D eigenvalue weighted by atomic mass is 32.1. The molecular formula is C15H21N3O2S. The van der Waals surface area contributed by atoms with Gasteiger partial charge < -0.3 is 15.4 Å². The van der Waals surface area contributed by atoms with Gasteiger partial charge in [-0.25, -0.2) is 9.78 Å². The van der Waals surface area contributed by atoms with Crippen LogP contribution in [-0.4, -0.2) is 29.3 Å². The second-order valence-electron chi connectivity index (χ2n) is 5.91. The van der Waals surface area contributed by atoms with Gasteiger partial charge >= 0.3 is 6.09 Å². The first-order valence-corrected chi connectivity index (χ1v) is 7.74. The van der Waals surface area contributed by atoms with Gasteiger partial charge in [-0.3, -0.25) is 0 Å². The van der Waals surface area contributed by atoms with Crippen molar-refractivity contribution in [1.82, 2.24) is 10.3 Å². The van der Waals surface area contributed by atoms with Gasteiger partial charge in [0.1, 0.15) is 5.60 Å². The molecule has 0 saturated heterocycles. The van der Waals surface area contributed by atoms with Crippen LogP contribution in [-0.2, 0) is 4.74 Å². The topological polar surface area (TPSA) is 63.2 Å². The third-order valence-corrected chi connectivity index (χ3v) is 3.61. The van der Waals surface area contributed by atoms with Crippen LogP contribution in [0.5, 0.6) is 0 Å². The number of ether oxygens (including phenoxy) is 1. The fraction of sp³-hybridized carbons (Fsp3) is 0.467. The number of aromatic nitrogens is 1. The van der Waals surface area contributed by atoms with Gasteiger partial charge in [-0.2, -0.15) is 0 Å². The Morgan fingerprint density at radius 2 is 2.10 bits per heavy atom. The molecule has 5 nitrogen and oxygen atoms in total. The van der Waals surface area contributed by atoms with E-state index in [0.717, 1.165) is 15.3 Å². The van der Waals surface area contributed by atoms with Crippen LogP contribution in [0, 0.1) is 0 Å². The number of nitrogens with zero attached hydrogens (tertiary/aromatic N) is 1. The van der Waals surface area contributed by atoms with Crippen molar-refractivity contribution in [2.75, 3.05) is 11.9 Å². The fourth-order valence-corrected chi connectivity index (χ4v) is 2.62. The van der Waals surface area contributed by atoms with E-state index in [9.17, 15) is 4.79 Å². The first kappa shape index (κ1) is 15.6. The second-order valence-corrected chi connectivity index (χ2v) is 6.95. The van der Waals surface area contributed by atoms with Crippen molar-refractivity contribution in [3.8, 4) is 0 Å². The first-order valence-electron chi connectivity index (χ1n) is 6.92. The molecule has 0 fully saturated rings. The number of hydrogen-bond donors (Lipinski definition) is 2. The van der Waals surface area contributed by atoms with E-state index < -0.39 is 11.7 Å². The summed E-state index contributed by atoms with van der Waals surface area (Å²) in [5.74, 6) is 0. The van der Waals surface area contributed by atoms with Crippen molar-refractivity contribution >= 4 is 32.8 Å². The van der Waals surface area contributed by atoms with Crippen LogP contribution in [0.4, 0.5) is 9.93 Å². The molecule has 2 aromatic rings. The van der Waals surface area contributed by atoms with Gasteiger partial charge in [-0.05, 0) is 39.8 Å². The number of para-hydroxylation sites is 1. The molecule has 2 N–H and O–H groups in total. The predicted octanol–water partition coefficient (Wildman–Crippen LogP) is 3.62. The summed E-state index contributed by atoms with van der Waals surface area (Å²) in [4.78, 5) is 16.1. The fourth-order valence-electron chi connectivity index (χ4n) is 1.75. The highest BCUT2D eigenvalue weighted by Gasteiger charge is 2.17. The molecule has 1 aromatic heterocycles. The molecular weight excluding hydrogens is 286 g/mol. The molecule has 0 bridgehead atoms. The molecule has 0 saturated carbocycles. The molecule has 0 aliphatic heterocycles. The third kappa shape index (κ3) is 4.90. The minimum absolute atomic E-state index is 0.0492. The number of alkyl carbamates (subject to hydrolysis) is 1. The number of rotatable bonds is 4. The highest BCUT2D eigenvalue weighted by Crippen LogP contribution is 2.25. The maximum absolute atomic E-state index is 11.6. The lowest BCUT2D eigenvalue weighted by Gasteiger charge is -2.22. The van der Waals surface area contributed by atoms with Crippen molar-refractivity contribution in [2.24, 2.45) is 0 Å². The van der Waals surface area contributed by atoms with Gasteiger partial charge in [0.05, 0.1) is 10.2 Å². The van der Waals surface area contributed by atoms with Crippen LogP contribution in [0.2, 0.25) is 0 Å². The molecule has 1 amide bonds. The average Bonchev–Trinajstić information content (AvgIpc) is 2.76. The van der Waals surface area contributed by atoms with Crippen LogP contribution in [0.1, 0.15) is 27.7 Å². The molecule has 1 aromatic carbocycles. The third-order valence-electron chi connectivity index (χ3n) is 2.62. The van der Waals surface area contributed by atoms with E-state index in [1.165, 1.54) is 0 Å². The molecule has 0 aliphatic rings. The summed E-state index contributed by atoms with van der Waals surface area (Å²) in [7, 11) is 0.